The predicted molar refractivity (Wildman–Crippen MR) is 75.6 cm³/mol. The number of nitrogens with zero attached hydrogens (tertiary/aromatic N) is 1. The molecule has 0 bridgehead atoms. The van der Waals surface area contributed by atoms with Crippen LogP contribution in [-0.4, -0.2) is 36.9 Å². The second-order valence-corrected chi connectivity index (χ2v) is 6.78. The first-order valence-corrected chi connectivity index (χ1v) is 8.00. The van der Waals surface area contributed by atoms with Crippen LogP contribution in [0.4, 0.5) is 10.1 Å². The van der Waals surface area contributed by atoms with Crippen LogP contribution in [0.5, 0.6) is 0 Å². The molecule has 6 nitrogen and oxygen atoms in total. The molecule has 0 radical (unpaired) electrons. The van der Waals surface area contributed by atoms with Crippen molar-refractivity contribution in [3.63, 3.8) is 0 Å². The summed E-state index contributed by atoms with van der Waals surface area (Å²) in [4.78, 5) is 11.0. The summed E-state index contributed by atoms with van der Waals surface area (Å²) in [7, 11) is -3.83. The highest BCUT2D eigenvalue weighted by Crippen LogP contribution is 2.22. The average molecular weight is 316 g/mol. The Morgan fingerprint density at radius 1 is 1.48 bits per heavy atom. The molecule has 1 unspecified atom stereocenters. The number of hydrogen-bond acceptors (Lipinski definition) is 3. The SMILES string of the molecule is Cc1cc(NS(=O)(=O)N2CCCC(C(=O)O)C2)ccc1F. The van der Waals surface area contributed by atoms with Gasteiger partial charge in [0.25, 0.3) is 0 Å². The van der Waals surface area contributed by atoms with Crippen molar-refractivity contribution in [2.45, 2.75) is 19.8 Å². The number of aliphatic carboxylic acids is 1. The molecule has 2 rings (SSSR count). The molecule has 0 aromatic heterocycles. The first-order chi connectivity index (χ1) is 9.79. The van der Waals surface area contributed by atoms with Gasteiger partial charge in [-0.25, -0.2) is 4.39 Å². The van der Waals surface area contributed by atoms with Gasteiger partial charge in [-0.2, -0.15) is 12.7 Å². The number of rotatable bonds is 4. The van der Waals surface area contributed by atoms with Gasteiger partial charge in [0.15, 0.2) is 0 Å². The van der Waals surface area contributed by atoms with E-state index in [4.69, 9.17) is 5.11 Å². The lowest BCUT2D eigenvalue weighted by atomic mass is 10.0. The number of halogens is 1. The van der Waals surface area contributed by atoms with Gasteiger partial charge >= 0.3 is 16.2 Å². The monoisotopic (exact) mass is 316 g/mol. The Hall–Kier alpha value is -1.67. The van der Waals surface area contributed by atoms with Gasteiger partial charge in [0, 0.05) is 13.1 Å². The minimum absolute atomic E-state index is 0.0508. The molecule has 8 heteroatoms. The molecular formula is C13H17FN2O4S. The zero-order valence-corrected chi connectivity index (χ0v) is 12.4. The van der Waals surface area contributed by atoms with E-state index in [2.05, 4.69) is 4.72 Å². The van der Waals surface area contributed by atoms with Crippen LogP contribution in [0.3, 0.4) is 0 Å². The van der Waals surface area contributed by atoms with Gasteiger partial charge in [0.1, 0.15) is 5.82 Å². The number of hydrogen-bond donors (Lipinski definition) is 2. The number of piperidine rings is 1. The lowest BCUT2D eigenvalue weighted by Gasteiger charge is -2.30. The summed E-state index contributed by atoms with van der Waals surface area (Å²) in [5.41, 5.74) is 0.587. The molecule has 0 saturated carbocycles. The van der Waals surface area contributed by atoms with E-state index >= 15 is 0 Å². The molecule has 1 atom stereocenters. The molecule has 2 N–H and O–H groups in total. The van der Waals surface area contributed by atoms with Gasteiger partial charge in [-0.3, -0.25) is 9.52 Å². The summed E-state index contributed by atoms with van der Waals surface area (Å²) in [5.74, 6) is -2.10. The molecule has 116 valence electrons. The highest BCUT2D eigenvalue weighted by Gasteiger charge is 2.32. The van der Waals surface area contributed by atoms with E-state index in [1.54, 1.807) is 0 Å². The number of benzene rings is 1. The van der Waals surface area contributed by atoms with Crippen molar-refractivity contribution in [2.24, 2.45) is 5.92 Å². The van der Waals surface area contributed by atoms with Crippen LogP contribution in [0.15, 0.2) is 18.2 Å². The molecule has 1 aromatic rings. The third-order valence-corrected chi connectivity index (χ3v) is 4.98. The van der Waals surface area contributed by atoms with Crippen molar-refractivity contribution >= 4 is 21.9 Å². The van der Waals surface area contributed by atoms with Crippen molar-refractivity contribution in [3.8, 4) is 0 Å². The van der Waals surface area contributed by atoms with Gasteiger partial charge in [0.05, 0.1) is 11.6 Å². The van der Waals surface area contributed by atoms with Crippen molar-refractivity contribution in [1.29, 1.82) is 0 Å². The number of carboxylic acids is 1. The summed E-state index contributed by atoms with van der Waals surface area (Å²) in [6.45, 7) is 1.76. The fraction of sp³-hybridized carbons (Fsp3) is 0.462. The fourth-order valence-corrected chi connectivity index (χ4v) is 3.58. The van der Waals surface area contributed by atoms with E-state index in [0.717, 1.165) is 4.31 Å². The van der Waals surface area contributed by atoms with Crippen LogP contribution in [0, 0.1) is 18.7 Å². The van der Waals surface area contributed by atoms with Crippen molar-refractivity contribution in [2.75, 3.05) is 17.8 Å². The lowest BCUT2D eigenvalue weighted by molar-refractivity contribution is -0.142. The highest BCUT2D eigenvalue weighted by atomic mass is 32.2. The largest absolute Gasteiger partial charge is 0.481 e. The molecule has 0 amide bonds. The Morgan fingerprint density at radius 2 is 2.19 bits per heavy atom. The van der Waals surface area contributed by atoms with Crippen molar-refractivity contribution < 1.29 is 22.7 Å². The second kappa shape index (κ2) is 5.98. The minimum Gasteiger partial charge on any atom is -0.481 e. The van der Waals surface area contributed by atoms with E-state index in [1.807, 2.05) is 0 Å². The highest BCUT2D eigenvalue weighted by molar-refractivity contribution is 7.90. The van der Waals surface area contributed by atoms with Crippen molar-refractivity contribution in [1.82, 2.24) is 4.31 Å². The van der Waals surface area contributed by atoms with E-state index in [0.29, 0.717) is 18.4 Å². The zero-order chi connectivity index (χ0) is 15.6. The molecule has 21 heavy (non-hydrogen) atoms. The Morgan fingerprint density at radius 3 is 2.81 bits per heavy atom. The summed E-state index contributed by atoms with van der Waals surface area (Å²) < 4.78 is 41.1. The predicted octanol–water partition coefficient (Wildman–Crippen LogP) is 1.59. The molecule has 0 spiro atoms. The first-order valence-electron chi connectivity index (χ1n) is 6.56. The van der Waals surface area contributed by atoms with Crippen LogP contribution in [0.1, 0.15) is 18.4 Å². The quantitative estimate of drug-likeness (QED) is 0.883. The Bertz CT molecular complexity index is 648. The summed E-state index contributed by atoms with van der Waals surface area (Å²) in [5, 5.41) is 8.99. The maximum Gasteiger partial charge on any atom is 0.307 e. The third kappa shape index (κ3) is 3.70. The minimum atomic E-state index is -3.83. The molecule has 1 fully saturated rings. The van der Waals surface area contributed by atoms with Crippen molar-refractivity contribution in [3.05, 3.63) is 29.6 Å². The van der Waals surface area contributed by atoms with E-state index < -0.39 is 27.9 Å². The van der Waals surface area contributed by atoms with Gasteiger partial charge in [0.2, 0.25) is 0 Å². The second-order valence-electron chi connectivity index (χ2n) is 5.11. The maximum absolute atomic E-state index is 13.2. The topological polar surface area (TPSA) is 86.7 Å². The first kappa shape index (κ1) is 15.7. The van der Waals surface area contributed by atoms with E-state index in [-0.39, 0.29) is 18.8 Å². The number of nitrogens with one attached hydrogen (secondary N) is 1. The van der Waals surface area contributed by atoms with Gasteiger partial charge < -0.3 is 5.11 Å². The van der Waals surface area contributed by atoms with Gasteiger partial charge in [-0.15, -0.1) is 0 Å². The molecular weight excluding hydrogens is 299 g/mol. The Balaban J connectivity index is 2.14. The lowest BCUT2D eigenvalue weighted by Crippen LogP contribution is -2.44. The van der Waals surface area contributed by atoms with E-state index in [1.165, 1.54) is 25.1 Å². The zero-order valence-electron chi connectivity index (χ0n) is 11.5. The molecule has 1 aliphatic rings. The van der Waals surface area contributed by atoms with Crippen LogP contribution < -0.4 is 4.72 Å². The van der Waals surface area contributed by atoms with Gasteiger partial charge in [-0.1, -0.05) is 0 Å². The number of carbonyl (C=O) groups is 1. The smallest absolute Gasteiger partial charge is 0.307 e. The number of carboxylic acid groups (broad SMARTS) is 1. The molecule has 1 heterocycles. The van der Waals surface area contributed by atoms with Crippen LogP contribution >= 0.6 is 0 Å². The average Bonchev–Trinajstić information content (AvgIpc) is 2.43. The van der Waals surface area contributed by atoms with Gasteiger partial charge in [-0.05, 0) is 43.5 Å². The fourth-order valence-electron chi connectivity index (χ4n) is 2.28. The van der Waals surface area contributed by atoms with Crippen LogP contribution in [-0.2, 0) is 15.0 Å². The maximum atomic E-state index is 13.2. The molecule has 0 aliphatic carbocycles. The summed E-state index contributed by atoms with van der Waals surface area (Å²) in [6, 6.07) is 3.91. The Kier molecular flexibility index (Phi) is 4.48. The van der Waals surface area contributed by atoms with Crippen LogP contribution in [0.25, 0.3) is 0 Å². The summed E-state index contributed by atoms with van der Waals surface area (Å²) >= 11 is 0. The Labute approximate surface area is 122 Å². The third-order valence-electron chi connectivity index (χ3n) is 3.48. The van der Waals surface area contributed by atoms with Crippen LogP contribution in [0.2, 0.25) is 0 Å². The van der Waals surface area contributed by atoms with E-state index in [9.17, 15) is 17.6 Å². The normalized spacial score (nSPS) is 20.2. The standard InChI is InChI=1S/C13H17FN2O4S/c1-9-7-11(4-5-12(9)14)15-21(19,20)16-6-2-3-10(8-16)13(17)18/h4-5,7,10,15H,2-3,6,8H2,1H3,(H,17,18). The molecule has 1 aliphatic heterocycles. The summed E-state index contributed by atoms with van der Waals surface area (Å²) in [6.07, 6.45) is 0.970. The molecule has 1 aromatic carbocycles. The number of aryl methyl sites for hydroxylation is 1. The number of anilines is 1. The molecule has 1 saturated heterocycles.